The molecule has 0 aliphatic rings. The maximum absolute atomic E-state index is 5.27. The van der Waals surface area contributed by atoms with Crippen LogP contribution in [0.1, 0.15) is 25.3 Å². The second-order valence-corrected chi connectivity index (χ2v) is 6.92. The molecule has 0 aliphatic heterocycles. The van der Waals surface area contributed by atoms with Crippen LogP contribution in [0.5, 0.6) is 5.75 Å². The Bertz CT molecular complexity index is 874. The van der Waals surface area contributed by atoms with E-state index in [-0.39, 0.29) is 0 Å². The fraction of sp³-hybridized carbons (Fsp3) is 0.286. The summed E-state index contributed by atoms with van der Waals surface area (Å²) in [4.78, 5) is 5.92. The Morgan fingerprint density at radius 3 is 2.40 bits per heavy atom. The second kappa shape index (κ2) is 8.17. The van der Waals surface area contributed by atoms with Crippen molar-refractivity contribution >= 4 is 17.0 Å². The molecule has 130 valence electrons. The topological polar surface area (TPSA) is 26.5 Å². The van der Waals surface area contributed by atoms with E-state index in [1.807, 2.05) is 12.1 Å². The molecule has 1 heterocycles. The number of hydrogen-bond donors (Lipinski definition) is 0. The molecule has 0 saturated carbocycles. The summed E-state index contributed by atoms with van der Waals surface area (Å²) in [5, 5.41) is 2.20. The summed E-state index contributed by atoms with van der Waals surface area (Å²) in [5.74, 6) is 0.878. The zero-order chi connectivity index (χ0) is 17.6. The summed E-state index contributed by atoms with van der Waals surface area (Å²) < 4.78 is 7.60. The standard InChI is InChI=1S/C21H24N2OS/c1-4-5-14-23-20(17-8-12-19(24-3)13-9-17)15-25-21(23)22-18-10-6-16(2)7-11-18/h6-13,15H,4-5,14H2,1-3H3. The van der Waals surface area contributed by atoms with E-state index in [1.165, 1.54) is 16.8 Å². The Morgan fingerprint density at radius 2 is 1.76 bits per heavy atom. The Balaban J connectivity index is 2.03. The molecule has 0 saturated heterocycles. The minimum Gasteiger partial charge on any atom is -0.497 e. The van der Waals surface area contributed by atoms with Crippen LogP contribution < -0.4 is 9.54 Å². The first-order valence-electron chi connectivity index (χ1n) is 8.65. The predicted octanol–water partition coefficient (Wildman–Crippen LogP) is 5.57. The Labute approximate surface area is 153 Å². The van der Waals surface area contributed by atoms with Crippen LogP contribution in [0.25, 0.3) is 11.3 Å². The fourth-order valence-corrected chi connectivity index (χ4v) is 3.63. The van der Waals surface area contributed by atoms with Gasteiger partial charge in [0.2, 0.25) is 0 Å². The van der Waals surface area contributed by atoms with Gasteiger partial charge < -0.3 is 9.30 Å². The molecule has 3 aromatic rings. The molecule has 0 fully saturated rings. The number of ether oxygens (including phenoxy) is 1. The first-order chi connectivity index (χ1) is 12.2. The molecule has 0 atom stereocenters. The number of nitrogens with zero attached hydrogens (tertiary/aromatic N) is 2. The highest BCUT2D eigenvalue weighted by atomic mass is 32.1. The van der Waals surface area contributed by atoms with E-state index in [1.54, 1.807) is 18.4 Å². The van der Waals surface area contributed by atoms with Gasteiger partial charge in [0.15, 0.2) is 4.80 Å². The molecular formula is C21H24N2OS. The number of rotatable bonds is 6. The van der Waals surface area contributed by atoms with Gasteiger partial charge in [-0.25, -0.2) is 4.99 Å². The van der Waals surface area contributed by atoms with Crippen molar-refractivity contribution in [3.8, 4) is 17.0 Å². The molecule has 3 nitrogen and oxygen atoms in total. The molecule has 0 amide bonds. The van der Waals surface area contributed by atoms with Crippen molar-refractivity contribution < 1.29 is 4.74 Å². The first kappa shape index (κ1) is 17.5. The van der Waals surface area contributed by atoms with E-state index in [0.717, 1.165) is 35.6 Å². The molecule has 3 rings (SSSR count). The van der Waals surface area contributed by atoms with Crippen molar-refractivity contribution in [1.29, 1.82) is 0 Å². The van der Waals surface area contributed by atoms with Gasteiger partial charge in [-0.15, -0.1) is 11.3 Å². The molecule has 0 aliphatic carbocycles. The molecular weight excluding hydrogens is 328 g/mol. The molecule has 4 heteroatoms. The minimum absolute atomic E-state index is 0.878. The summed E-state index contributed by atoms with van der Waals surface area (Å²) in [6, 6.07) is 16.6. The molecule has 2 aromatic carbocycles. The van der Waals surface area contributed by atoms with Crippen molar-refractivity contribution in [3.05, 3.63) is 64.3 Å². The van der Waals surface area contributed by atoms with Crippen LogP contribution in [0.15, 0.2) is 58.9 Å². The summed E-state index contributed by atoms with van der Waals surface area (Å²) in [6.45, 7) is 5.29. The Hall–Kier alpha value is -2.33. The molecule has 0 unspecified atom stereocenters. The van der Waals surface area contributed by atoms with Gasteiger partial charge in [-0.2, -0.15) is 0 Å². The normalized spacial score (nSPS) is 11.7. The van der Waals surface area contributed by atoms with Gasteiger partial charge in [-0.05, 0) is 55.3 Å². The number of methoxy groups -OCH3 is 1. The quantitative estimate of drug-likeness (QED) is 0.570. The van der Waals surface area contributed by atoms with Crippen LogP contribution in [0.4, 0.5) is 5.69 Å². The van der Waals surface area contributed by atoms with Crippen LogP contribution in [0.3, 0.4) is 0 Å². The van der Waals surface area contributed by atoms with Crippen molar-refractivity contribution in [1.82, 2.24) is 4.57 Å². The van der Waals surface area contributed by atoms with Gasteiger partial charge in [0.05, 0.1) is 18.5 Å². The molecule has 0 bridgehead atoms. The summed E-state index contributed by atoms with van der Waals surface area (Å²) in [5.41, 5.74) is 4.66. The zero-order valence-electron chi connectivity index (χ0n) is 15.0. The van der Waals surface area contributed by atoms with Crippen molar-refractivity contribution in [2.75, 3.05) is 7.11 Å². The maximum atomic E-state index is 5.27. The molecule has 0 spiro atoms. The van der Waals surface area contributed by atoms with Crippen molar-refractivity contribution in [2.24, 2.45) is 4.99 Å². The van der Waals surface area contributed by atoms with Gasteiger partial charge in [0.25, 0.3) is 0 Å². The number of hydrogen-bond acceptors (Lipinski definition) is 3. The highest BCUT2D eigenvalue weighted by molar-refractivity contribution is 7.07. The van der Waals surface area contributed by atoms with E-state index in [2.05, 4.69) is 60.2 Å². The lowest BCUT2D eigenvalue weighted by Crippen LogP contribution is -2.15. The number of aromatic nitrogens is 1. The summed E-state index contributed by atoms with van der Waals surface area (Å²) in [7, 11) is 1.69. The van der Waals surface area contributed by atoms with Crippen molar-refractivity contribution in [2.45, 2.75) is 33.2 Å². The Morgan fingerprint density at radius 1 is 1.04 bits per heavy atom. The van der Waals surface area contributed by atoms with Gasteiger partial charge >= 0.3 is 0 Å². The number of thiazole rings is 1. The van der Waals surface area contributed by atoms with Crippen LogP contribution >= 0.6 is 11.3 Å². The SMILES string of the molecule is CCCCn1c(-c2ccc(OC)cc2)csc1=Nc1ccc(C)cc1. The minimum atomic E-state index is 0.878. The third kappa shape index (κ3) is 4.20. The van der Waals surface area contributed by atoms with E-state index in [9.17, 15) is 0 Å². The molecule has 25 heavy (non-hydrogen) atoms. The molecule has 0 N–H and O–H groups in total. The highest BCUT2D eigenvalue weighted by Gasteiger charge is 2.08. The van der Waals surface area contributed by atoms with Crippen molar-refractivity contribution in [3.63, 3.8) is 0 Å². The number of unbranched alkanes of at least 4 members (excludes halogenated alkanes) is 1. The lowest BCUT2D eigenvalue weighted by Gasteiger charge is -2.09. The Kier molecular flexibility index (Phi) is 5.71. The van der Waals surface area contributed by atoms with Crippen LogP contribution in [-0.2, 0) is 6.54 Å². The second-order valence-electron chi connectivity index (χ2n) is 6.08. The molecule has 0 radical (unpaired) electrons. The third-order valence-corrected chi connectivity index (χ3v) is 5.04. The van der Waals surface area contributed by atoms with Gasteiger partial charge in [0.1, 0.15) is 5.75 Å². The number of benzene rings is 2. The van der Waals surface area contributed by atoms with E-state index >= 15 is 0 Å². The van der Waals surface area contributed by atoms with E-state index in [0.29, 0.717) is 0 Å². The van der Waals surface area contributed by atoms with E-state index in [4.69, 9.17) is 9.73 Å². The van der Waals surface area contributed by atoms with Crippen LogP contribution in [0.2, 0.25) is 0 Å². The monoisotopic (exact) mass is 352 g/mol. The first-order valence-corrected chi connectivity index (χ1v) is 9.53. The zero-order valence-corrected chi connectivity index (χ0v) is 15.8. The predicted molar refractivity (Wildman–Crippen MR) is 106 cm³/mol. The van der Waals surface area contributed by atoms with Gasteiger partial charge in [-0.3, -0.25) is 0 Å². The average Bonchev–Trinajstić information content (AvgIpc) is 3.04. The fourth-order valence-electron chi connectivity index (χ4n) is 2.67. The van der Waals surface area contributed by atoms with Gasteiger partial charge in [0, 0.05) is 11.9 Å². The smallest absolute Gasteiger partial charge is 0.190 e. The maximum Gasteiger partial charge on any atom is 0.190 e. The molecule has 1 aromatic heterocycles. The van der Waals surface area contributed by atoms with E-state index < -0.39 is 0 Å². The van der Waals surface area contributed by atoms with Gasteiger partial charge in [-0.1, -0.05) is 31.0 Å². The third-order valence-electron chi connectivity index (χ3n) is 4.18. The summed E-state index contributed by atoms with van der Waals surface area (Å²) >= 11 is 1.70. The van der Waals surface area contributed by atoms with Crippen LogP contribution in [-0.4, -0.2) is 11.7 Å². The largest absolute Gasteiger partial charge is 0.497 e. The highest BCUT2D eigenvalue weighted by Crippen LogP contribution is 2.24. The average molecular weight is 353 g/mol. The summed E-state index contributed by atoms with van der Waals surface area (Å²) in [6.07, 6.45) is 2.30. The lowest BCUT2D eigenvalue weighted by atomic mass is 10.1. The number of aryl methyl sites for hydroxylation is 1. The lowest BCUT2D eigenvalue weighted by molar-refractivity contribution is 0.415. The van der Waals surface area contributed by atoms with Crippen LogP contribution in [0, 0.1) is 6.92 Å².